The highest BCUT2D eigenvalue weighted by Crippen LogP contribution is 2.28. The maximum Gasteiger partial charge on any atom is 0.276 e. The quantitative estimate of drug-likeness (QED) is 0.868. The molecule has 1 aliphatic rings. The second-order valence-corrected chi connectivity index (χ2v) is 5.55. The molecule has 2 heterocycles. The second kappa shape index (κ2) is 5.95. The zero-order valence-corrected chi connectivity index (χ0v) is 12.5. The van der Waals surface area contributed by atoms with Crippen molar-refractivity contribution in [3.63, 3.8) is 0 Å². The molecule has 0 aliphatic carbocycles. The van der Waals surface area contributed by atoms with E-state index < -0.39 is 0 Å². The van der Waals surface area contributed by atoms with Gasteiger partial charge in [0, 0.05) is 25.1 Å². The summed E-state index contributed by atoms with van der Waals surface area (Å²) in [5, 5.41) is 4.58. The molecular formula is C14H12Cl2N2O3. The summed E-state index contributed by atoms with van der Waals surface area (Å²) >= 11 is 11.8. The van der Waals surface area contributed by atoms with Gasteiger partial charge in [-0.25, -0.2) is 0 Å². The SMILES string of the molecule is O=C(c1ccon1)N1CCC(Oc2ccc(Cl)c(Cl)c2)C1. The van der Waals surface area contributed by atoms with E-state index in [4.69, 9.17) is 27.9 Å². The monoisotopic (exact) mass is 326 g/mol. The van der Waals surface area contributed by atoms with Gasteiger partial charge in [0.1, 0.15) is 18.1 Å². The smallest absolute Gasteiger partial charge is 0.276 e. The number of aromatic nitrogens is 1. The highest BCUT2D eigenvalue weighted by atomic mass is 35.5. The molecule has 7 heteroatoms. The molecule has 0 spiro atoms. The van der Waals surface area contributed by atoms with Gasteiger partial charge < -0.3 is 14.2 Å². The van der Waals surface area contributed by atoms with Crippen molar-refractivity contribution in [2.75, 3.05) is 13.1 Å². The summed E-state index contributed by atoms with van der Waals surface area (Å²) < 4.78 is 10.5. The molecule has 3 rings (SSSR count). The Morgan fingerprint density at radius 1 is 1.33 bits per heavy atom. The highest BCUT2D eigenvalue weighted by molar-refractivity contribution is 6.42. The van der Waals surface area contributed by atoms with Gasteiger partial charge in [-0.2, -0.15) is 0 Å². The molecular weight excluding hydrogens is 315 g/mol. The van der Waals surface area contributed by atoms with Crippen molar-refractivity contribution in [1.82, 2.24) is 10.1 Å². The largest absolute Gasteiger partial charge is 0.488 e. The van der Waals surface area contributed by atoms with Gasteiger partial charge in [0.05, 0.1) is 16.6 Å². The lowest BCUT2D eigenvalue weighted by Gasteiger charge is -2.16. The minimum Gasteiger partial charge on any atom is -0.488 e. The van der Waals surface area contributed by atoms with Crippen LogP contribution in [-0.4, -0.2) is 35.2 Å². The third kappa shape index (κ3) is 3.14. The van der Waals surface area contributed by atoms with E-state index in [9.17, 15) is 4.79 Å². The minimum absolute atomic E-state index is 0.0712. The Bertz CT molecular complexity index is 646. The van der Waals surface area contributed by atoms with Crippen LogP contribution in [0.5, 0.6) is 5.75 Å². The van der Waals surface area contributed by atoms with Crippen LogP contribution in [0.1, 0.15) is 16.9 Å². The Morgan fingerprint density at radius 2 is 2.19 bits per heavy atom. The molecule has 1 atom stereocenters. The Kier molecular flexibility index (Phi) is 4.03. The summed E-state index contributed by atoms with van der Waals surface area (Å²) in [6.45, 7) is 1.13. The lowest BCUT2D eigenvalue weighted by Crippen LogP contribution is -2.31. The van der Waals surface area contributed by atoms with Gasteiger partial charge in [0.15, 0.2) is 5.69 Å². The molecule has 0 bridgehead atoms. The normalized spacial score (nSPS) is 18.0. The van der Waals surface area contributed by atoms with E-state index in [-0.39, 0.29) is 12.0 Å². The summed E-state index contributed by atoms with van der Waals surface area (Å²) in [6, 6.07) is 6.67. The predicted octanol–water partition coefficient (Wildman–Crippen LogP) is 3.27. The third-order valence-electron chi connectivity index (χ3n) is 3.28. The number of halogens is 2. The molecule has 110 valence electrons. The first-order valence-corrected chi connectivity index (χ1v) is 7.20. The van der Waals surface area contributed by atoms with Crippen LogP contribution in [0.4, 0.5) is 0 Å². The third-order valence-corrected chi connectivity index (χ3v) is 4.02. The molecule has 0 N–H and O–H groups in total. The molecule has 1 aromatic carbocycles. The van der Waals surface area contributed by atoms with E-state index in [1.807, 2.05) is 0 Å². The predicted molar refractivity (Wildman–Crippen MR) is 77.9 cm³/mol. The first-order chi connectivity index (χ1) is 10.1. The molecule has 1 unspecified atom stereocenters. The van der Waals surface area contributed by atoms with Gasteiger partial charge in [0.25, 0.3) is 5.91 Å². The van der Waals surface area contributed by atoms with E-state index in [1.54, 1.807) is 29.2 Å². The van der Waals surface area contributed by atoms with Crippen molar-refractivity contribution in [3.05, 3.63) is 46.3 Å². The van der Waals surface area contributed by atoms with Gasteiger partial charge in [-0.1, -0.05) is 28.4 Å². The fraction of sp³-hybridized carbons (Fsp3) is 0.286. The number of hydrogen-bond acceptors (Lipinski definition) is 4. The van der Waals surface area contributed by atoms with Crippen LogP contribution in [0.3, 0.4) is 0 Å². The van der Waals surface area contributed by atoms with Crippen LogP contribution in [-0.2, 0) is 0 Å². The summed E-state index contributed by atoms with van der Waals surface area (Å²) in [6.07, 6.45) is 2.06. The topological polar surface area (TPSA) is 55.6 Å². The number of carbonyl (C=O) groups is 1. The number of benzene rings is 1. The summed E-state index contributed by atoms with van der Waals surface area (Å²) in [5.41, 5.74) is 0.310. The van der Waals surface area contributed by atoms with Crippen LogP contribution < -0.4 is 4.74 Å². The maximum atomic E-state index is 12.1. The lowest BCUT2D eigenvalue weighted by molar-refractivity contribution is 0.0762. The van der Waals surface area contributed by atoms with Gasteiger partial charge in [-0.15, -0.1) is 0 Å². The fourth-order valence-corrected chi connectivity index (χ4v) is 2.52. The van der Waals surface area contributed by atoms with Gasteiger partial charge in [-0.05, 0) is 12.1 Å². The molecule has 0 radical (unpaired) electrons. The number of likely N-dealkylation sites (tertiary alicyclic amines) is 1. The molecule has 1 saturated heterocycles. The van der Waals surface area contributed by atoms with Gasteiger partial charge in [-0.3, -0.25) is 4.79 Å². The van der Waals surface area contributed by atoms with Crippen molar-refractivity contribution < 1.29 is 14.1 Å². The van der Waals surface area contributed by atoms with E-state index in [2.05, 4.69) is 9.68 Å². The zero-order chi connectivity index (χ0) is 14.8. The van der Waals surface area contributed by atoms with Crippen LogP contribution in [0.15, 0.2) is 35.1 Å². The van der Waals surface area contributed by atoms with Gasteiger partial charge in [0.2, 0.25) is 0 Å². The van der Waals surface area contributed by atoms with Crippen LogP contribution >= 0.6 is 23.2 Å². The van der Waals surface area contributed by atoms with Crippen molar-refractivity contribution in [1.29, 1.82) is 0 Å². The Balaban J connectivity index is 1.62. The molecule has 1 aromatic heterocycles. The fourth-order valence-electron chi connectivity index (χ4n) is 2.24. The van der Waals surface area contributed by atoms with Crippen molar-refractivity contribution in [3.8, 4) is 5.75 Å². The van der Waals surface area contributed by atoms with Crippen molar-refractivity contribution in [2.24, 2.45) is 0 Å². The molecule has 21 heavy (non-hydrogen) atoms. The van der Waals surface area contributed by atoms with E-state index >= 15 is 0 Å². The Morgan fingerprint density at radius 3 is 2.90 bits per heavy atom. The Labute approximate surface area is 131 Å². The molecule has 0 saturated carbocycles. The van der Waals surface area contributed by atoms with E-state index in [0.29, 0.717) is 34.6 Å². The first kappa shape index (κ1) is 14.2. The van der Waals surface area contributed by atoms with Crippen LogP contribution in [0.2, 0.25) is 10.0 Å². The number of rotatable bonds is 3. The standard InChI is InChI=1S/C14H12Cl2N2O3/c15-11-2-1-9(7-12(11)16)21-10-3-5-18(8-10)14(19)13-4-6-20-17-13/h1-2,4,6-7,10H,3,5,8H2. The summed E-state index contributed by atoms with van der Waals surface area (Å²) in [4.78, 5) is 13.8. The van der Waals surface area contributed by atoms with Gasteiger partial charge >= 0.3 is 0 Å². The molecule has 1 aliphatic heterocycles. The molecule has 1 fully saturated rings. The van der Waals surface area contributed by atoms with Crippen LogP contribution in [0.25, 0.3) is 0 Å². The maximum absolute atomic E-state index is 12.1. The number of carbonyl (C=O) groups excluding carboxylic acids is 1. The number of amides is 1. The average molecular weight is 327 g/mol. The average Bonchev–Trinajstić information content (AvgIpc) is 3.13. The minimum atomic E-state index is -0.149. The van der Waals surface area contributed by atoms with Crippen molar-refractivity contribution >= 4 is 29.1 Å². The van der Waals surface area contributed by atoms with Crippen LogP contribution in [0, 0.1) is 0 Å². The summed E-state index contributed by atoms with van der Waals surface area (Å²) in [7, 11) is 0. The van der Waals surface area contributed by atoms with E-state index in [0.717, 1.165) is 6.42 Å². The first-order valence-electron chi connectivity index (χ1n) is 6.45. The number of nitrogens with zero attached hydrogens (tertiary/aromatic N) is 2. The number of hydrogen-bond donors (Lipinski definition) is 0. The molecule has 5 nitrogen and oxygen atoms in total. The zero-order valence-electron chi connectivity index (χ0n) is 11.0. The number of ether oxygens (including phenoxy) is 1. The summed E-state index contributed by atoms with van der Waals surface area (Å²) in [5.74, 6) is 0.495. The Hall–Kier alpha value is -1.72. The molecule has 2 aromatic rings. The van der Waals surface area contributed by atoms with Crippen molar-refractivity contribution in [2.45, 2.75) is 12.5 Å². The lowest BCUT2D eigenvalue weighted by atomic mass is 10.3. The van der Waals surface area contributed by atoms with E-state index in [1.165, 1.54) is 6.26 Å². The highest BCUT2D eigenvalue weighted by Gasteiger charge is 2.29. The molecule has 1 amide bonds. The second-order valence-electron chi connectivity index (χ2n) is 4.74.